The first-order valence-electron chi connectivity index (χ1n) is 9.57. The summed E-state index contributed by atoms with van der Waals surface area (Å²) in [7, 11) is 2.84. The summed E-state index contributed by atoms with van der Waals surface area (Å²) in [5.41, 5.74) is -1.14. The molecule has 1 amide bonds. The Bertz CT molecular complexity index is 1410. The SMILES string of the molecule is COc1ccc(-c2cc(C(F)(F)F)n3ncc(C(=O)Nc4cc(Cl)ccc4Cl)c3n2)cc1OC. The van der Waals surface area contributed by atoms with Gasteiger partial charge in [0.05, 0.1) is 36.8 Å². The molecule has 0 aliphatic heterocycles. The molecule has 2 heterocycles. The predicted octanol–water partition coefficient (Wildman–Crippen LogP) is 5.99. The number of anilines is 1. The molecule has 4 rings (SSSR count). The van der Waals surface area contributed by atoms with Crippen LogP contribution in [0.5, 0.6) is 11.5 Å². The van der Waals surface area contributed by atoms with Gasteiger partial charge in [-0.15, -0.1) is 0 Å². The predicted molar refractivity (Wildman–Crippen MR) is 121 cm³/mol. The lowest BCUT2D eigenvalue weighted by Crippen LogP contribution is -2.16. The minimum absolute atomic E-state index is 0.0453. The number of carbonyl (C=O) groups excluding carboxylic acids is 1. The maximum Gasteiger partial charge on any atom is 0.433 e. The van der Waals surface area contributed by atoms with Gasteiger partial charge in [0, 0.05) is 10.6 Å². The molecule has 1 N–H and O–H groups in total. The van der Waals surface area contributed by atoms with Gasteiger partial charge in [-0.25, -0.2) is 9.50 Å². The van der Waals surface area contributed by atoms with Gasteiger partial charge >= 0.3 is 6.18 Å². The van der Waals surface area contributed by atoms with E-state index in [9.17, 15) is 18.0 Å². The van der Waals surface area contributed by atoms with Crippen LogP contribution in [0.2, 0.25) is 10.0 Å². The fourth-order valence-corrected chi connectivity index (χ4v) is 3.59. The molecule has 7 nitrogen and oxygen atoms in total. The first-order chi connectivity index (χ1) is 16.1. The molecule has 0 spiro atoms. The van der Waals surface area contributed by atoms with Crippen molar-refractivity contribution in [2.45, 2.75) is 6.18 Å². The van der Waals surface area contributed by atoms with E-state index < -0.39 is 17.8 Å². The zero-order chi connectivity index (χ0) is 24.6. The molecule has 0 atom stereocenters. The van der Waals surface area contributed by atoms with Crippen molar-refractivity contribution in [2.24, 2.45) is 0 Å². The van der Waals surface area contributed by atoms with Gasteiger partial charge < -0.3 is 14.8 Å². The topological polar surface area (TPSA) is 77.8 Å². The highest BCUT2D eigenvalue weighted by molar-refractivity contribution is 6.36. The minimum atomic E-state index is -4.78. The lowest BCUT2D eigenvalue weighted by molar-refractivity contribution is -0.142. The molecule has 0 aliphatic carbocycles. The molecule has 0 radical (unpaired) electrons. The number of amides is 1. The molecule has 4 aromatic rings. The number of fused-ring (bicyclic) bond motifs is 1. The number of alkyl halides is 3. The number of nitrogens with one attached hydrogen (secondary N) is 1. The first-order valence-corrected chi connectivity index (χ1v) is 10.3. The summed E-state index contributed by atoms with van der Waals surface area (Å²) >= 11 is 12.0. The fraction of sp³-hybridized carbons (Fsp3) is 0.136. The summed E-state index contributed by atoms with van der Waals surface area (Å²) in [5.74, 6) is -0.0623. The molecular weight excluding hydrogens is 496 g/mol. The van der Waals surface area contributed by atoms with Crippen LogP contribution < -0.4 is 14.8 Å². The summed E-state index contributed by atoms with van der Waals surface area (Å²) < 4.78 is 52.6. The minimum Gasteiger partial charge on any atom is -0.493 e. The van der Waals surface area contributed by atoms with E-state index >= 15 is 0 Å². The number of benzene rings is 2. The van der Waals surface area contributed by atoms with Crippen LogP contribution in [0.25, 0.3) is 16.9 Å². The second kappa shape index (κ2) is 9.03. The quantitative estimate of drug-likeness (QED) is 0.356. The highest BCUT2D eigenvalue weighted by Gasteiger charge is 2.36. The number of hydrogen-bond donors (Lipinski definition) is 1. The third kappa shape index (κ3) is 4.46. The average Bonchev–Trinajstić information content (AvgIpc) is 3.23. The zero-order valence-electron chi connectivity index (χ0n) is 17.6. The Kier molecular flexibility index (Phi) is 6.28. The smallest absolute Gasteiger partial charge is 0.433 e. The maximum atomic E-state index is 13.9. The van der Waals surface area contributed by atoms with Crippen LogP contribution in [0, 0.1) is 0 Å². The van der Waals surface area contributed by atoms with Crippen molar-refractivity contribution < 1.29 is 27.4 Å². The van der Waals surface area contributed by atoms with E-state index in [4.69, 9.17) is 32.7 Å². The van der Waals surface area contributed by atoms with Crippen molar-refractivity contribution in [2.75, 3.05) is 19.5 Å². The highest BCUT2D eigenvalue weighted by Crippen LogP contribution is 2.36. The highest BCUT2D eigenvalue weighted by atomic mass is 35.5. The average molecular weight is 511 g/mol. The van der Waals surface area contributed by atoms with Gasteiger partial charge in [-0.2, -0.15) is 18.3 Å². The molecule has 34 heavy (non-hydrogen) atoms. The molecule has 176 valence electrons. The number of aromatic nitrogens is 3. The number of hydrogen-bond acceptors (Lipinski definition) is 5. The number of ether oxygens (including phenoxy) is 2. The number of carbonyl (C=O) groups is 1. The van der Waals surface area contributed by atoms with Gasteiger partial charge in [0.25, 0.3) is 5.91 Å². The van der Waals surface area contributed by atoms with Gasteiger partial charge in [-0.1, -0.05) is 23.2 Å². The third-order valence-corrected chi connectivity index (χ3v) is 5.43. The molecule has 0 saturated heterocycles. The third-order valence-electron chi connectivity index (χ3n) is 4.86. The van der Waals surface area contributed by atoms with Crippen molar-refractivity contribution in [3.05, 3.63) is 70.0 Å². The van der Waals surface area contributed by atoms with Crippen LogP contribution in [0.4, 0.5) is 18.9 Å². The van der Waals surface area contributed by atoms with Crippen LogP contribution in [0.1, 0.15) is 16.1 Å². The molecule has 12 heteroatoms. The molecule has 2 aromatic heterocycles. The van der Waals surface area contributed by atoms with Crippen LogP contribution in [0.3, 0.4) is 0 Å². The molecule has 0 saturated carbocycles. The Labute approximate surface area is 201 Å². The molecule has 0 unspecified atom stereocenters. The Morgan fingerprint density at radius 1 is 1.03 bits per heavy atom. The largest absolute Gasteiger partial charge is 0.493 e. The Balaban J connectivity index is 1.86. The number of rotatable bonds is 5. The van der Waals surface area contributed by atoms with E-state index in [0.29, 0.717) is 26.6 Å². The van der Waals surface area contributed by atoms with Crippen molar-refractivity contribution in [1.82, 2.24) is 14.6 Å². The van der Waals surface area contributed by atoms with E-state index in [1.54, 1.807) is 6.07 Å². The van der Waals surface area contributed by atoms with Crippen LogP contribution in [0.15, 0.2) is 48.7 Å². The normalized spacial score (nSPS) is 11.5. The summed E-state index contributed by atoms with van der Waals surface area (Å²) in [6, 6.07) is 9.82. The molecule has 0 bridgehead atoms. The second-order valence-corrected chi connectivity index (χ2v) is 7.81. The fourth-order valence-electron chi connectivity index (χ4n) is 3.25. The second-order valence-electron chi connectivity index (χ2n) is 6.97. The zero-order valence-corrected chi connectivity index (χ0v) is 19.1. The summed E-state index contributed by atoms with van der Waals surface area (Å²) in [6.07, 6.45) is -3.77. The lowest BCUT2D eigenvalue weighted by atomic mass is 10.1. The van der Waals surface area contributed by atoms with E-state index in [2.05, 4.69) is 15.4 Å². The molecule has 2 aromatic carbocycles. The van der Waals surface area contributed by atoms with Crippen molar-refractivity contribution in [3.8, 4) is 22.8 Å². The molecular formula is C22H15Cl2F3N4O3. The van der Waals surface area contributed by atoms with Crippen molar-refractivity contribution >= 4 is 40.4 Å². The van der Waals surface area contributed by atoms with Crippen LogP contribution >= 0.6 is 23.2 Å². The number of nitrogens with zero attached hydrogens (tertiary/aromatic N) is 3. The van der Waals surface area contributed by atoms with Crippen LogP contribution in [-0.4, -0.2) is 34.7 Å². The molecule has 0 fully saturated rings. The Morgan fingerprint density at radius 3 is 2.44 bits per heavy atom. The van der Waals surface area contributed by atoms with Gasteiger partial charge in [0.2, 0.25) is 0 Å². The van der Waals surface area contributed by atoms with Gasteiger partial charge in [0.1, 0.15) is 5.56 Å². The van der Waals surface area contributed by atoms with Gasteiger partial charge in [-0.05, 0) is 42.5 Å². The monoisotopic (exact) mass is 510 g/mol. The Morgan fingerprint density at radius 2 is 1.76 bits per heavy atom. The van der Waals surface area contributed by atoms with E-state index in [1.165, 1.54) is 44.6 Å². The van der Waals surface area contributed by atoms with Gasteiger partial charge in [-0.3, -0.25) is 4.79 Å². The number of methoxy groups -OCH3 is 2. The van der Waals surface area contributed by atoms with E-state index in [0.717, 1.165) is 12.3 Å². The Hall–Kier alpha value is -3.50. The van der Waals surface area contributed by atoms with Gasteiger partial charge in [0.15, 0.2) is 22.8 Å². The lowest BCUT2D eigenvalue weighted by Gasteiger charge is -2.13. The molecule has 0 aliphatic rings. The maximum absolute atomic E-state index is 13.9. The van der Waals surface area contributed by atoms with E-state index in [-0.39, 0.29) is 27.6 Å². The van der Waals surface area contributed by atoms with E-state index in [1.807, 2.05) is 0 Å². The van der Waals surface area contributed by atoms with Crippen molar-refractivity contribution in [1.29, 1.82) is 0 Å². The van der Waals surface area contributed by atoms with Crippen LogP contribution in [-0.2, 0) is 6.18 Å². The summed E-state index contributed by atoms with van der Waals surface area (Å²) in [5, 5.41) is 6.79. The summed E-state index contributed by atoms with van der Waals surface area (Å²) in [6.45, 7) is 0. The number of halogens is 5. The summed E-state index contributed by atoms with van der Waals surface area (Å²) in [4.78, 5) is 17.2. The standard InChI is InChI=1S/C22H15Cl2F3N4O3/c1-33-17-6-3-11(7-18(17)34-2)15-9-19(22(25,26)27)31-20(29-15)13(10-28-31)21(32)30-16-8-12(23)4-5-14(16)24/h3-10H,1-2H3,(H,30,32). The van der Waals surface area contributed by atoms with Crippen molar-refractivity contribution in [3.63, 3.8) is 0 Å². The first kappa shape index (κ1) is 23.7.